The number of carbonyl (C=O) groups excluding carboxylic acids is 2. The molecule has 0 radical (unpaired) electrons. The van der Waals surface area contributed by atoms with Gasteiger partial charge < -0.3 is 9.47 Å². The molecule has 0 saturated carbocycles. The Hall–Kier alpha value is -1.55. The average molecular weight is 440 g/mol. The lowest BCUT2D eigenvalue weighted by Gasteiger charge is -2.27. The van der Waals surface area contributed by atoms with Crippen molar-refractivity contribution in [2.75, 3.05) is 13.2 Å². The number of hydrogen-bond acceptors (Lipinski definition) is 4. The van der Waals surface area contributed by atoms with Crippen LogP contribution in [0.25, 0.3) is 0 Å². The summed E-state index contributed by atoms with van der Waals surface area (Å²) in [6, 6.07) is 0. The summed E-state index contributed by atoms with van der Waals surface area (Å²) in [5.74, 6) is -14.3. The molecule has 0 bridgehead atoms. The van der Waals surface area contributed by atoms with E-state index >= 15 is 0 Å². The van der Waals surface area contributed by atoms with Crippen molar-refractivity contribution in [1.82, 2.24) is 0 Å². The monoisotopic (exact) mass is 440 g/mol. The number of halogens is 7. The standard InChI is InChI=1S/C18H27F7O4/c1-2-3-4-5-6-7-8-9-12-28-14(26)10-11-15(27)29-13-16(19,20)17(21,22)18(23,24)25/h2-13H2,1H3. The maximum absolute atomic E-state index is 13.0. The third-order valence-electron chi connectivity index (χ3n) is 4.02. The normalized spacial score (nSPS) is 12.7. The number of ether oxygens (including phenoxy) is 2. The van der Waals surface area contributed by atoms with Crippen LogP contribution in [0.5, 0.6) is 0 Å². The largest absolute Gasteiger partial charge is 0.466 e. The first-order chi connectivity index (χ1) is 13.3. The summed E-state index contributed by atoms with van der Waals surface area (Å²) in [6.45, 7) is -0.222. The lowest BCUT2D eigenvalue weighted by molar-refractivity contribution is -0.359. The molecule has 29 heavy (non-hydrogen) atoms. The van der Waals surface area contributed by atoms with E-state index in [4.69, 9.17) is 4.74 Å². The van der Waals surface area contributed by atoms with Gasteiger partial charge in [-0.05, 0) is 6.42 Å². The highest BCUT2D eigenvalue weighted by Gasteiger charge is 2.73. The minimum atomic E-state index is -6.50. The Bertz CT molecular complexity index is 493. The van der Waals surface area contributed by atoms with E-state index in [2.05, 4.69) is 11.7 Å². The molecule has 0 rings (SSSR count). The van der Waals surface area contributed by atoms with Crippen LogP contribution in [-0.2, 0) is 19.1 Å². The second-order valence-corrected chi connectivity index (χ2v) is 6.63. The fourth-order valence-electron chi connectivity index (χ4n) is 2.24. The van der Waals surface area contributed by atoms with Crippen LogP contribution in [0.2, 0.25) is 0 Å². The van der Waals surface area contributed by atoms with Crippen LogP contribution in [0.1, 0.15) is 71.1 Å². The molecule has 11 heteroatoms. The number of alkyl halides is 7. The van der Waals surface area contributed by atoms with Gasteiger partial charge in [0.1, 0.15) is 0 Å². The van der Waals surface area contributed by atoms with E-state index in [1.807, 2.05) is 0 Å². The molecule has 0 aliphatic rings. The smallest absolute Gasteiger partial charge is 0.460 e. The van der Waals surface area contributed by atoms with Crippen molar-refractivity contribution in [3.63, 3.8) is 0 Å². The third kappa shape index (κ3) is 10.7. The van der Waals surface area contributed by atoms with Crippen molar-refractivity contribution >= 4 is 11.9 Å². The van der Waals surface area contributed by atoms with Crippen molar-refractivity contribution in [1.29, 1.82) is 0 Å². The second-order valence-electron chi connectivity index (χ2n) is 6.63. The molecule has 4 nitrogen and oxygen atoms in total. The van der Waals surface area contributed by atoms with Gasteiger partial charge in [-0.3, -0.25) is 9.59 Å². The van der Waals surface area contributed by atoms with Crippen LogP contribution in [0, 0.1) is 0 Å². The Morgan fingerprint density at radius 1 is 0.690 bits per heavy atom. The minimum absolute atomic E-state index is 0.110. The number of unbranched alkanes of at least 4 members (excludes halogenated alkanes) is 7. The van der Waals surface area contributed by atoms with Crippen molar-refractivity contribution in [2.24, 2.45) is 0 Å². The van der Waals surface area contributed by atoms with Gasteiger partial charge in [-0.25, -0.2) is 0 Å². The lowest BCUT2D eigenvalue weighted by atomic mass is 10.1. The molecular weight excluding hydrogens is 413 g/mol. The molecule has 0 heterocycles. The molecule has 0 aromatic rings. The number of esters is 2. The topological polar surface area (TPSA) is 52.6 Å². The summed E-state index contributed by atoms with van der Waals surface area (Å²) in [5, 5.41) is 0. The number of carbonyl (C=O) groups is 2. The van der Waals surface area contributed by atoms with Crippen molar-refractivity contribution < 1.29 is 49.8 Å². The Morgan fingerprint density at radius 3 is 1.62 bits per heavy atom. The zero-order valence-electron chi connectivity index (χ0n) is 16.3. The molecule has 0 aliphatic carbocycles. The average Bonchev–Trinajstić information content (AvgIpc) is 2.62. The van der Waals surface area contributed by atoms with Crippen LogP contribution < -0.4 is 0 Å². The summed E-state index contributed by atoms with van der Waals surface area (Å²) >= 11 is 0. The van der Waals surface area contributed by atoms with Crippen LogP contribution in [0.15, 0.2) is 0 Å². The fraction of sp³-hybridized carbons (Fsp3) is 0.889. The van der Waals surface area contributed by atoms with Gasteiger partial charge in [0.05, 0.1) is 19.4 Å². The summed E-state index contributed by atoms with van der Waals surface area (Å²) in [7, 11) is 0. The lowest BCUT2D eigenvalue weighted by Crippen LogP contribution is -2.54. The van der Waals surface area contributed by atoms with Gasteiger partial charge in [0.2, 0.25) is 0 Å². The third-order valence-corrected chi connectivity index (χ3v) is 4.02. The molecule has 0 aromatic heterocycles. The van der Waals surface area contributed by atoms with Crippen molar-refractivity contribution in [3.8, 4) is 0 Å². The highest BCUT2D eigenvalue weighted by atomic mass is 19.4. The van der Waals surface area contributed by atoms with E-state index in [-0.39, 0.29) is 6.61 Å². The molecular formula is C18H27F7O4. The number of hydrogen-bond donors (Lipinski definition) is 0. The Balaban J connectivity index is 3.93. The van der Waals surface area contributed by atoms with Gasteiger partial charge in [-0.15, -0.1) is 0 Å². The molecule has 0 spiro atoms. The van der Waals surface area contributed by atoms with E-state index < -0.39 is 49.4 Å². The molecule has 0 unspecified atom stereocenters. The molecule has 0 N–H and O–H groups in total. The maximum Gasteiger partial charge on any atom is 0.460 e. The van der Waals surface area contributed by atoms with Crippen LogP contribution >= 0.6 is 0 Å². The van der Waals surface area contributed by atoms with Crippen molar-refractivity contribution in [2.45, 2.75) is 89.2 Å². The highest BCUT2D eigenvalue weighted by Crippen LogP contribution is 2.46. The van der Waals surface area contributed by atoms with E-state index in [9.17, 15) is 40.3 Å². The molecule has 0 aliphatic heterocycles. The first kappa shape index (κ1) is 27.5. The van der Waals surface area contributed by atoms with Crippen LogP contribution in [-0.4, -0.2) is 43.2 Å². The predicted octanol–water partition coefficient (Wildman–Crippen LogP) is 5.83. The first-order valence-corrected chi connectivity index (χ1v) is 9.48. The molecule has 0 atom stereocenters. The second kappa shape index (κ2) is 12.9. The number of rotatable bonds is 15. The SMILES string of the molecule is CCCCCCCCCCOC(=O)CCC(=O)OCC(F)(F)C(F)(F)C(F)(F)F. The van der Waals surface area contributed by atoms with E-state index in [0.29, 0.717) is 6.42 Å². The minimum Gasteiger partial charge on any atom is -0.466 e. The van der Waals surface area contributed by atoms with Crippen LogP contribution in [0.3, 0.4) is 0 Å². The highest BCUT2D eigenvalue weighted by molar-refractivity contribution is 5.77. The summed E-state index contributed by atoms with van der Waals surface area (Å²) in [4.78, 5) is 22.6. The first-order valence-electron chi connectivity index (χ1n) is 9.48. The predicted molar refractivity (Wildman–Crippen MR) is 89.7 cm³/mol. The molecule has 172 valence electrons. The zero-order chi connectivity index (χ0) is 22.6. The molecule has 0 saturated heterocycles. The van der Waals surface area contributed by atoms with Gasteiger partial charge in [-0.2, -0.15) is 30.7 Å². The Morgan fingerprint density at radius 2 is 1.14 bits per heavy atom. The Kier molecular flexibility index (Phi) is 12.2. The van der Waals surface area contributed by atoms with Gasteiger partial charge in [0.25, 0.3) is 0 Å². The summed E-state index contributed by atoms with van der Waals surface area (Å²) in [5.41, 5.74) is 0. The van der Waals surface area contributed by atoms with E-state index in [0.717, 1.165) is 32.1 Å². The van der Waals surface area contributed by atoms with Gasteiger partial charge >= 0.3 is 30.0 Å². The Labute approximate surface area is 165 Å². The molecule has 0 fully saturated rings. The van der Waals surface area contributed by atoms with Crippen LogP contribution in [0.4, 0.5) is 30.7 Å². The quantitative estimate of drug-likeness (QED) is 0.183. The van der Waals surface area contributed by atoms with Crippen molar-refractivity contribution in [3.05, 3.63) is 0 Å². The maximum atomic E-state index is 13.0. The zero-order valence-corrected chi connectivity index (χ0v) is 16.3. The van der Waals surface area contributed by atoms with E-state index in [1.165, 1.54) is 12.8 Å². The van der Waals surface area contributed by atoms with E-state index in [1.54, 1.807) is 0 Å². The summed E-state index contributed by atoms with van der Waals surface area (Å²) < 4.78 is 95.6. The molecule has 0 aromatic carbocycles. The molecule has 0 amide bonds. The van der Waals surface area contributed by atoms with Gasteiger partial charge in [0, 0.05) is 0 Å². The van der Waals surface area contributed by atoms with Gasteiger partial charge in [0.15, 0.2) is 6.61 Å². The fourth-order valence-corrected chi connectivity index (χ4v) is 2.24. The summed E-state index contributed by atoms with van der Waals surface area (Å²) in [6.07, 6.45) is 0.386. The van der Waals surface area contributed by atoms with Gasteiger partial charge in [-0.1, -0.05) is 51.9 Å².